The first-order chi connectivity index (χ1) is 8.15. The highest BCUT2D eigenvalue weighted by molar-refractivity contribution is 7.71. The summed E-state index contributed by atoms with van der Waals surface area (Å²) in [5.41, 5.74) is 2.38. The molecule has 0 saturated heterocycles. The summed E-state index contributed by atoms with van der Waals surface area (Å²) in [6.07, 6.45) is 2.40. The molecule has 1 heterocycles. The van der Waals surface area contributed by atoms with Gasteiger partial charge in [-0.05, 0) is 51.0 Å². The summed E-state index contributed by atoms with van der Waals surface area (Å²) >= 11 is 5.44. The molecule has 0 aliphatic heterocycles. The van der Waals surface area contributed by atoms with Crippen LogP contribution < -0.4 is 4.74 Å². The minimum absolute atomic E-state index is 0.209. The minimum Gasteiger partial charge on any atom is -0.492 e. The number of imidazole rings is 1. The third-order valence-electron chi connectivity index (χ3n) is 3.49. The maximum Gasteiger partial charge on any atom is 0.178 e. The van der Waals surface area contributed by atoms with Gasteiger partial charge in [0, 0.05) is 5.54 Å². The van der Waals surface area contributed by atoms with E-state index in [0.29, 0.717) is 6.61 Å². The highest BCUT2D eigenvalue weighted by Gasteiger charge is 2.41. The summed E-state index contributed by atoms with van der Waals surface area (Å²) < 4.78 is 8.66. The largest absolute Gasteiger partial charge is 0.492 e. The first kappa shape index (κ1) is 10.8. The van der Waals surface area contributed by atoms with Crippen LogP contribution in [0.4, 0.5) is 0 Å². The van der Waals surface area contributed by atoms with Gasteiger partial charge in [-0.2, -0.15) is 0 Å². The van der Waals surface area contributed by atoms with Crippen molar-refractivity contribution < 1.29 is 4.74 Å². The number of aromatic amines is 1. The molecule has 1 aliphatic carbocycles. The Balaban J connectivity index is 2.28. The van der Waals surface area contributed by atoms with Crippen molar-refractivity contribution in [3.63, 3.8) is 0 Å². The standard InChI is InChI=1S/C13H16N2OS/c1-3-16-10-6-4-5-9-11(10)14-12(17)15(9)13(2)7-8-13/h4-6H,3,7-8H2,1-2H3,(H,14,17). The van der Waals surface area contributed by atoms with Gasteiger partial charge in [0.25, 0.3) is 0 Å². The number of ether oxygens (including phenoxy) is 1. The predicted molar refractivity (Wildman–Crippen MR) is 71.2 cm³/mol. The van der Waals surface area contributed by atoms with E-state index in [9.17, 15) is 0 Å². The third kappa shape index (κ3) is 1.59. The van der Waals surface area contributed by atoms with Gasteiger partial charge < -0.3 is 14.3 Å². The fraction of sp³-hybridized carbons (Fsp3) is 0.462. The first-order valence-electron chi connectivity index (χ1n) is 6.03. The molecule has 0 spiro atoms. The van der Waals surface area contributed by atoms with Crippen LogP contribution in [-0.2, 0) is 5.54 Å². The molecular weight excluding hydrogens is 232 g/mol. The highest BCUT2D eigenvalue weighted by atomic mass is 32.1. The number of aromatic nitrogens is 2. The second-order valence-corrected chi connectivity index (χ2v) is 5.23. The highest BCUT2D eigenvalue weighted by Crippen LogP contribution is 2.45. The summed E-state index contributed by atoms with van der Waals surface area (Å²) in [5, 5.41) is 0. The van der Waals surface area contributed by atoms with Crippen LogP contribution in [0.15, 0.2) is 18.2 Å². The van der Waals surface area contributed by atoms with E-state index >= 15 is 0 Å². The summed E-state index contributed by atoms with van der Waals surface area (Å²) in [7, 11) is 0. The summed E-state index contributed by atoms with van der Waals surface area (Å²) in [4.78, 5) is 3.28. The summed E-state index contributed by atoms with van der Waals surface area (Å²) in [6.45, 7) is 4.91. The summed E-state index contributed by atoms with van der Waals surface area (Å²) in [6, 6.07) is 6.11. The van der Waals surface area contributed by atoms with E-state index in [-0.39, 0.29) is 5.54 Å². The lowest BCUT2D eigenvalue weighted by atomic mass is 10.2. The lowest BCUT2D eigenvalue weighted by molar-refractivity contribution is 0.343. The number of rotatable bonds is 3. The number of nitrogens with zero attached hydrogens (tertiary/aromatic N) is 1. The molecule has 1 aromatic heterocycles. The maximum atomic E-state index is 5.63. The van der Waals surface area contributed by atoms with E-state index in [4.69, 9.17) is 17.0 Å². The van der Waals surface area contributed by atoms with Crippen LogP contribution in [0.2, 0.25) is 0 Å². The van der Waals surface area contributed by atoms with E-state index < -0.39 is 0 Å². The van der Waals surface area contributed by atoms with Crippen molar-refractivity contribution in [1.82, 2.24) is 9.55 Å². The average molecular weight is 248 g/mol. The van der Waals surface area contributed by atoms with E-state index in [1.807, 2.05) is 19.1 Å². The fourth-order valence-corrected chi connectivity index (χ4v) is 2.74. The molecule has 1 fully saturated rings. The van der Waals surface area contributed by atoms with Crippen LogP contribution >= 0.6 is 12.2 Å². The molecule has 17 heavy (non-hydrogen) atoms. The Hall–Kier alpha value is -1.29. The van der Waals surface area contributed by atoms with Gasteiger partial charge in [0.05, 0.1) is 12.1 Å². The fourth-order valence-electron chi connectivity index (χ4n) is 2.32. The molecule has 0 amide bonds. The molecule has 0 unspecified atom stereocenters. The van der Waals surface area contributed by atoms with Crippen LogP contribution in [0.3, 0.4) is 0 Å². The quantitative estimate of drug-likeness (QED) is 0.841. The molecule has 2 aromatic rings. The van der Waals surface area contributed by atoms with Gasteiger partial charge in [0.15, 0.2) is 4.77 Å². The number of benzene rings is 1. The average Bonchev–Trinajstić information content (AvgIpc) is 2.91. The molecule has 0 atom stereocenters. The molecule has 1 N–H and O–H groups in total. The predicted octanol–water partition coefficient (Wildman–Crippen LogP) is 3.61. The smallest absolute Gasteiger partial charge is 0.178 e. The molecular formula is C13H16N2OS. The SMILES string of the molecule is CCOc1cccc2c1[nH]c(=S)n2C1(C)CC1. The number of hydrogen-bond donors (Lipinski definition) is 1. The molecule has 3 rings (SSSR count). The van der Waals surface area contributed by atoms with Gasteiger partial charge in [-0.1, -0.05) is 6.07 Å². The van der Waals surface area contributed by atoms with Gasteiger partial charge in [0.2, 0.25) is 0 Å². The molecule has 4 heteroatoms. The zero-order valence-corrected chi connectivity index (χ0v) is 10.9. The molecule has 90 valence electrons. The van der Waals surface area contributed by atoms with Gasteiger partial charge in [-0.25, -0.2) is 0 Å². The van der Waals surface area contributed by atoms with Gasteiger partial charge in [-0.15, -0.1) is 0 Å². The molecule has 1 aliphatic rings. The Morgan fingerprint density at radius 1 is 1.47 bits per heavy atom. The molecule has 1 aromatic carbocycles. The number of para-hydroxylation sites is 1. The Kier molecular flexibility index (Phi) is 2.30. The van der Waals surface area contributed by atoms with E-state index in [1.54, 1.807) is 0 Å². The van der Waals surface area contributed by atoms with E-state index in [2.05, 4.69) is 22.5 Å². The van der Waals surface area contributed by atoms with Gasteiger partial charge in [-0.3, -0.25) is 0 Å². The van der Waals surface area contributed by atoms with E-state index in [1.165, 1.54) is 12.8 Å². The number of fused-ring (bicyclic) bond motifs is 1. The Morgan fingerprint density at radius 2 is 2.24 bits per heavy atom. The van der Waals surface area contributed by atoms with Crippen molar-refractivity contribution in [2.45, 2.75) is 32.2 Å². The van der Waals surface area contributed by atoms with Crippen molar-refractivity contribution in [1.29, 1.82) is 0 Å². The van der Waals surface area contributed by atoms with Crippen LogP contribution in [0, 0.1) is 4.77 Å². The lowest BCUT2D eigenvalue weighted by Gasteiger charge is -2.12. The second kappa shape index (κ2) is 3.60. The monoisotopic (exact) mass is 248 g/mol. The van der Waals surface area contributed by atoms with Crippen molar-refractivity contribution in [2.24, 2.45) is 0 Å². The number of H-pyrrole nitrogens is 1. The van der Waals surface area contributed by atoms with Crippen molar-refractivity contribution in [3.05, 3.63) is 23.0 Å². The second-order valence-electron chi connectivity index (χ2n) is 4.85. The van der Waals surface area contributed by atoms with Crippen molar-refractivity contribution in [2.75, 3.05) is 6.61 Å². The lowest BCUT2D eigenvalue weighted by Crippen LogP contribution is -2.11. The van der Waals surface area contributed by atoms with Crippen molar-refractivity contribution >= 4 is 23.3 Å². The Bertz CT molecular complexity index is 622. The third-order valence-corrected chi connectivity index (χ3v) is 3.78. The van der Waals surface area contributed by atoms with E-state index in [0.717, 1.165) is 21.6 Å². The molecule has 0 radical (unpaired) electrons. The van der Waals surface area contributed by atoms with Crippen LogP contribution in [0.5, 0.6) is 5.75 Å². The maximum absolute atomic E-state index is 5.63. The zero-order valence-electron chi connectivity index (χ0n) is 10.1. The van der Waals surface area contributed by atoms with Crippen LogP contribution in [0.1, 0.15) is 26.7 Å². The normalized spacial score (nSPS) is 17.3. The number of hydrogen-bond acceptors (Lipinski definition) is 2. The topological polar surface area (TPSA) is 29.9 Å². The minimum atomic E-state index is 0.209. The van der Waals surface area contributed by atoms with Gasteiger partial charge >= 0.3 is 0 Å². The molecule has 0 bridgehead atoms. The molecule has 1 saturated carbocycles. The van der Waals surface area contributed by atoms with Crippen molar-refractivity contribution in [3.8, 4) is 5.75 Å². The molecule has 3 nitrogen and oxygen atoms in total. The van der Waals surface area contributed by atoms with Gasteiger partial charge in [0.1, 0.15) is 11.3 Å². The Morgan fingerprint density at radius 3 is 2.88 bits per heavy atom. The van der Waals surface area contributed by atoms with Crippen LogP contribution in [0.25, 0.3) is 11.0 Å². The Labute approximate surface area is 105 Å². The first-order valence-corrected chi connectivity index (χ1v) is 6.43. The van der Waals surface area contributed by atoms with Crippen LogP contribution in [-0.4, -0.2) is 16.2 Å². The summed E-state index contributed by atoms with van der Waals surface area (Å²) in [5.74, 6) is 0.888. The zero-order chi connectivity index (χ0) is 12.0. The number of nitrogens with one attached hydrogen (secondary N) is 1.